The summed E-state index contributed by atoms with van der Waals surface area (Å²) in [5.74, 6) is -0.00317. The third-order valence-corrected chi connectivity index (χ3v) is 5.19. The minimum absolute atomic E-state index is 0.00317. The first-order valence-electron chi connectivity index (χ1n) is 6.96. The molecule has 1 heterocycles. The van der Waals surface area contributed by atoms with Gasteiger partial charge in [0.05, 0.1) is 5.75 Å². The highest BCUT2D eigenvalue weighted by Crippen LogP contribution is 2.15. The fourth-order valence-corrected chi connectivity index (χ4v) is 3.85. The minimum Gasteiger partial charge on any atom is -0.326 e. The molecular formula is C14H23N3O2S. The molecule has 3 N–H and O–H groups in total. The fraction of sp³-hybridized carbons (Fsp3) is 0.571. The Hall–Kier alpha value is -0.950. The van der Waals surface area contributed by atoms with Crippen LogP contribution >= 0.6 is 0 Å². The van der Waals surface area contributed by atoms with Crippen molar-refractivity contribution in [2.75, 3.05) is 20.1 Å². The van der Waals surface area contributed by atoms with Gasteiger partial charge in [-0.25, -0.2) is 13.1 Å². The maximum Gasteiger partial charge on any atom is 0.215 e. The molecule has 0 aliphatic carbocycles. The van der Waals surface area contributed by atoms with Crippen molar-refractivity contribution in [2.45, 2.75) is 31.2 Å². The second kappa shape index (κ2) is 6.67. The molecular weight excluding hydrogens is 274 g/mol. The first-order valence-corrected chi connectivity index (χ1v) is 8.61. The second-order valence-corrected chi connectivity index (χ2v) is 7.16. The lowest BCUT2D eigenvalue weighted by molar-refractivity contribution is 0.311. The van der Waals surface area contributed by atoms with Crippen LogP contribution in [0.15, 0.2) is 24.3 Å². The molecule has 1 atom stereocenters. The molecule has 1 fully saturated rings. The van der Waals surface area contributed by atoms with Gasteiger partial charge in [-0.3, -0.25) is 0 Å². The van der Waals surface area contributed by atoms with E-state index in [9.17, 15) is 8.42 Å². The van der Waals surface area contributed by atoms with Crippen LogP contribution in [0.3, 0.4) is 0 Å². The highest BCUT2D eigenvalue weighted by molar-refractivity contribution is 7.88. The van der Waals surface area contributed by atoms with Gasteiger partial charge in [-0.2, -0.15) is 0 Å². The Bertz CT molecular complexity index is 545. The minimum atomic E-state index is -3.31. The summed E-state index contributed by atoms with van der Waals surface area (Å²) >= 11 is 0. The number of likely N-dealkylation sites (tertiary alicyclic amines) is 1. The number of rotatable bonds is 6. The lowest BCUT2D eigenvalue weighted by Crippen LogP contribution is -2.38. The molecule has 0 saturated carbocycles. The van der Waals surface area contributed by atoms with Crippen molar-refractivity contribution >= 4 is 10.0 Å². The second-order valence-electron chi connectivity index (χ2n) is 5.36. The van der Waals surface area contributed by atoms with E-state index < -0.39 is 10.0 Å². The normalized spacial score (nSPS) is 20.4. The van der Waals surface area contributed by atoms with Crippen molar-refractivity contribution < 1.29 is 8.42 Å². The number of likely N-dealkylation sites (N-methyl/N-ethyl adjacent to an activating group) is 1. The van der Waals surface area contributed by atoms with E-state index in [2.05, 4.69) is 9.62 Å². The maximum atomic E-state index is 12.2. The first kappa shape index (κ1) is 15.4. The molecule has 2 rings (SSSR count). The van der Waals surface area contributed by atoms with E-state index in [-0.39, 0.29) is 5.75 Å². The lowest BCUT2D eigenvalue weighted by Gasteiger charge is -2.19. The van der Waals surface area contributed by atoms with Crippen LogP contribution < -0.4 is 10.5 Å². The summed E-state index contributed by atoms with van der Waals surface area (Å²) in [5.41, 5.74) is 7.30. The van der Waals surface area contributed by atoms with Gasteiger partial charge in [0.1, 0.15) is 0 Å². The smallest absolute Gasteiger partial charge is 0.215 e. The topological polar surface area (TPSA) is 75.4 Å². The number of hydrogen-bond donors (Lipinski definition) is 2. The van der Waals surface area contributed by atoms with Crippen molar-refractivity contribution in [1.29, 1.82) is 0 Å². The Balaban J connectivity index is 1.96. The Kier molecular flexibility index (Phi) is 5.15. The van der Waals surface area contributed by atoms with Crippen LogP contribution in [0.25, 0.3) is 0 Å². The molecule has 0 bridgehead atoms. The van der Waals surface area contributed by atoms with Gasteiger partial charge in [-0.05, 0) is 37.6 Å². The molecule has 0 radical (unpaired) electrons. The van der Waals surface area contributed by atoms with Crippen LogP contribution in [-0.2, 0) is 22.3 Å². The van der Waals surface area contributed by atoms with E-state index in [0.717, 1.165) is 30.5 Å². The summed E-state index contributed by atoms with van der Waals surface area (Å²) in [7, 11) is -1.27. The van der Waals surface area contributed by atoms with Crippen molar-refractivity contribution in [3.8, 4) is 0 Å². The maximum absolute atomic E-state index is 12.2. The number of nitrogens with zero attached hydrogens (tertiary/aromatic N) is 1. The highest BCUT2D eigenvalue weighted by Gasteiger charge is 2.23. The van der Waals surface area contributed by atoms with E-state index in [0.29, 0.717) is 19.1 Å². The molecule has 1 unspecified atom stereocenters. The van der Waals surface area contributed by atoms with Crippen LogP contribution in [0, 0.1) is 0 Å². The van der Waals surface area contributed by atoms with Gasteiger partial charge in [0.2, 0.25) is 10.0 Å². The van der Waals surface area contributed by atoms with E-state index in [4.69, 9.17) is 5.73 Å². The number of nitrogens with two attached hydrogens (primary N) is 1. The van der Waals surface area contributed by atoms with Gasteiger partial charge in [-0.1, -0.05) is 24.3 Å². The molecule has 1 aliphatic heterocycles. The highest BCUT2D eigenvalue weighted by atomic mass is 32.2. The van der Waals surface area contributed by atoms with Gasteiger partial charge in [-0.15, -0.1) is 0 Å². The average molecular weight is 297 g/mol. The monoisotopic (exact) mass is 297 g/mol. The number of nitrogens with one attached hydrogen (secondary N) is 1. The van der Waals surface area contributed by atoms with E-state index in [1.807, 2.05) is 31.3 Å². The Morgan fingerprint density at radius 1 is 1.35 bits per heavy atom. The largest absolute Gasteiger partial charge is 0.326 e. The number of hydrogen-bond acceptors (Lipinski definition) is 4. The van der Waals surface area contributed by atoms with Crippen molar-refractivity contribution in [3.63, 3.8) is 0 Å². The molecule has 0 aromatic heterocycles. The number of sulfonamides is 1. The summed E-state index contributed by atoms with van der Waals surface area (Å²) < 4.78 is 27.0. The summed E-state index contributed by atoms with van der Waals surface area (Å²) in [4.78, 5) is 2.20. The fourth-order valence-electron chi connectivity index (χ4n) is 2.61. The Morgan fingerprint density at radius 2 is 2.05 bits per heavy atom. The van der Waals surface area contributed by atoms with Crippen molar-refractivity contribution in [1.82, 2.24) is 9.62 Å². The third kappa shape index (κ3) is 4.02. The van der Waals surface area contributed by atoms with Gasteiger partial charge < -0.3 is 10.6 Å². The zero-order valence-electron chi connectivity index (χ0n) is 11.9. The van der Waals surface area contributed by atoms with E-state index in [1.54, 1.807) is 0 Å². The zero-order valence-corrected chi connectivity index (χ0v) is 12.7. The van der Waals surface area contributed by atoms with Crippen LogP contribution in [0.1, 0.15) is 24.0 Å². The van der Waals surface area contributed by atoms with E-state index >= 15 is 0 Å². The Labute approximate surface area is 121 Å². The predicted molar refractivity (Wildman–Crippen MR) is 80.6 cm³/mol. The molecule has 1 aromatic carbocycles. The first-order chi connectivity index (χ1) is 9.52. The van der Waals surface area contributed by atoms with Crippen LogP contribution in [0.2, 0.25) is 0 Å². The Morgan fingerprint density at radius 3 is 2.65 bits per heavy atom. The molecule has 112 valence electrons. The summed E-state index contributed by atoms with van der Waals surface area (Å²) in [6.07, 6.45) is 2.19. The predicted octanol–water partition coefficient (Wildman–Crippen LogP) is 0.659. The summed E-state index contributed by atoms with van der Waals surface area (Å²) in [5, 5.41) is 0. The quantitative estimate of drug-likeness (QED) is 0.809. The molecule has 5 nitrogen and oxygen atoms in total. The molecule has 20 heavy (non-hydrogen) atoms. The van der Waals surface area contributed by atoms with E-state index in [1.165, 1.54) is 0 Å². The van der Waals surface area contributed by atoms with Crippen molar-refractivity contribution in [2.24, 2.45) is 5.73 Å². The SMILES string of the molecule is CN1CCCC1CNS(=O)(=O)Cc1ccccc1CN. The van der Waals surface area contributed by atoms with Crippen molar-refractivity contribution in [3.05, 3.63) is 35.4 Å². The van der Waals surface area contributed by atoms with Gasteiger partial charge in [0, 0.05) is 19.1 Å². The average Bonchev–Trinajstić information content (AvgIpc) is 2.82. The van der Waals surface area contributed by atoms with Gasteiger partial charge in [0.15, 0.2) is 0 Å². The van der Waals surface area contributed by atoms with Gasteiger partial charge in [0.25, 0.3) is 0 Å². The standard InChI is InChI=1S/C14H23N3O2S/c1-17-8-4-7-14(17)10-16-20(18,19)11-13-6-3-2-5-12(13)9-15/h2-3,5-6,14,16H,4,7-11,15H2,1H3. The summed E-state index contributed by atoms with van der Waals surface area (Å²) in [6, 6.07) is 7.72. The molecule has 0 spiro atoms. The summed E-state index contributed by atoms with van der Waals surface area (Å²) in [6.45, 7) is 1.89. The van der Waals surface area contributed by atoms with Crippen LogP contribution in [0.4, 0.5) is 0 Å². The molecule has 1 aliphatic rings. The zero-order chi connectivity index (χ0) is 14.6. The molecule has 0 amide bonds. The van der Waals surface area contributed by atoms with Crippen LogP contribution in [-0.4, -0.2) is 39.5 Å². The lowest BCUT2D eigenvalue weighted by atomic mass is 10.1. The van der Waals surface area contributed by atoms with Crippen LogP contribution in [0.5, 0.6) is 0 Å². The van der Waals surface area contributed by atoms with Gasteiger partial charge >= 0.3 is 0 Å². The molecule has 6 heteroatoms. The third-order valence-electron chi connectivity index (χ3n) is 3.89. The molecule has 1 aromatic rings. The molecule has 1 saturated heterocycles. The number of benzene rings is 1.